The predicted octanol–water partition coefficient (Wildman–Crippen LogP) is 3.30. The first-order chi connectivity index (χ1) is 10.2. The molecule has 0 fully saturated rings. The summed E-state index contributed by atoms with van der Waals surface area (Å²) < 4.78 is 45.5. The van der Waals surface area contributed by atoms with Crippen molar-refractivity contribution in [3.63, 3.8) is 0 Å². The van der Waals surface area contributed by atoms with E-state index in [0.29, 0.717) is 0 Å². The van der Waals surface area contributed by atoms with Crippen LogP contribution in [0.4, 0.5) is 13.2 Å². The van der Waals surface area contributed by atoms with Gasteiger partial charge in [0.05, 0.1) is 28.8 Å². The highest BCUT2D eigenvalue weighted by molar-refractivity contribution is 7.99. The molecule has 120 valence electrons. The minimum atomic E-state index is -4.52. The van der Waals surface area contributed by atoms with Crippen LogP contribution in [0.25, 0.3) is 11.0 Å². The normalized spacial score (nSPS) is 12.1. The van der Waals surface area contributed by atoms with Gasteiger partial charge in [-0.2, -0.15) is 18.3 Å². The van der Waals surface area contributed by atoms with E-state index in [9.17, 15) is 18.0 Å². The number of nitrogens with zero attached hydrogens (tertiary/aromatic N) is 3. The number of carbonyl (C=O) groups excluding carboxylic acids is 1. The molecule has 0 saturated heterocycles. The van der Waals surface area contributed by atoms with E-state index in [1.165, 1.54) is 18.0 Å². The van der Waals surface area contributed by atoms with Crippen molar-refractivity contribution in [2.75, 3.05) is 12.9 Å². The van der Waals surface area contributed by atoms with Crippen molar-refractivity contribution < 1.29 is 22.7 Å². The van der Waals surface area contributed by atoms with E-state index in [0.717, 1.165) is 17.8 Å². The van der Waals surface area contributed by atoms with E-state index in [1.807, 2.05) is 13.8 Å². The van der Waals surface area contributed by atoms with E-state index < -0.39 is 17.7 Å². The maximum atomic E-state index is 13.2. The fourth-order valence-corrected chi connectivity index (χ4v) is 2.49. The Morgan fingerprint density at radius 2 is 2.14 bits per heavy atom. The Morgan fingerprint density at radius 1 is 1.45 bits per heavy atom. The fourth-order valence-electron chi connectivity index (χ4n) is 1.76. The number of hydrogen-bond acceptors (Lipinski definition) is 5. The monoisotopic (exact) mass is 333 g/mol. The largest absolute Gasteiger partial charge is 0.468 e. The Bertz CT molecular complexity index is 698. The minimum absolute atomic E-state index is 0.0101. The molecular formula is C13H14F3N3O2S. The Hall–Kier alpha value is -1.77. The van der Waals surface area contributed by atoms with Gasteiger partial charge in [-0.05, 0) is 19.9 Å². The number of halogens is 3. The molecule has 0 unspecified atom stereocenters. The summed E-state index contributed by atoms with van der Waals surface area (Å²) in [7, 11) is 1.21. The molecule has 2 heterocycles. The van der Waals surface area contributed by atoms with Crippen molar-refractivity contribution in [2.45, 2.75) is 31.1 Å². The van der Waals surface area contributed by atoms with Crippen molar-refractivity contribution in [1.82, 2.24) is 14.8 Å². The molecule has 0 aliphatic heterocycles. The van der Waals surface area contributed by atoms with Crippen molar-refractivity contribution in [3.05, 3.63) is 17.8 Å². The van der Waals surface area contributed by atoms with Gasteiger partial charge in [-0.1, -0.05) is 11.8 Å². The Labute approximate surface area is 128 Å². The van der Waals surface area contributed by atoms with E-state index in [-0.39, 0.29) is 27.9 Å². The second-order valence-electron chi connectivity index (χ2n) is 4.81. The van der Waals surface area contributed by atoms with Crippen LogP contribution in [0.1, 0.15) is 25.5 Å². The number of thioether (sulfide) groups is 1. The third kappa shape index (κ3) is 3.52. The molecule has 22 heavy (non-hydrogen) atoms. The van der Waals surface area contributed by atoms with Gasteiger partial charge in [0.2, 0.25) is 0 Å². The SMILES string of the molecule is COC(=O)CSc1cc(C(F)(F)F)c2cn(C(C)C)nc2n1. The van der Waals surface area contributed by atoms with E-state index in [4.69, 9.17) is 0 Å². The van der Waals surface area contributed by atoms with Crippen LogP contribution in [-0.4, -0.2) is 33.6 Å². The molecule has 9 heteroatoms. The molecule has 0 atom stereocenters. The van der Waals surface area contributed by atoms with Gasteiger partial charge >= 0.3 is 12.1 Å². The lowest BCUT2D eigenvalue weighted by Crippen LogP contribution is -2.07. The molecule has 0 bridgehead atoms. The number of methoxy groups -OCH3 is 1. The smallest absolute Gasteiger partial charge is 0.417 e. The van der Waals surface area contributed by atoms with E-state index in [2.05, 4.69) is 14.8 Å². The quantitative estimate of drug-likeness (QED) is 0.635. The maximum absolute atomic E-state index is 13.2. The minimum Gasteiger partial charge on any atom is -0.468 e. The maximum Gasteiger partial charge on any atom is 0.417 e. The third-order valence-electron chi connectivity index (χ3n) is 2.89. The van der Waals surface area contributed by atoms with Crippen molar-refractivity contribution >= 4 is 28.8 Å². The molecule has 0 radical (unpaired) electrons. The van der Waals surface area contributed by atoms with Gasteiger partial charge in [-0.25, -0.2) is 4.98 Å². The molecule has 0 saturated carbocycles. The Morgan fingerprint density at radius 3 is 2.68 bits per heavy atom. The molecule has 0 aliphatic carbocycles. The summed E-state index contributed by atoms with van der Waals surface area (Å²) in [4.78, 5) is 15.2. The highest BCUT2D eigenvalue weighted by Crippen LogP contribution is 2.36. The average Bonchev–Trinajstić information content (AvgIpc) is 2.86. The van der Waals surface area contributed by atoms with Gasteiger partial charge in [-0.15, -0.1) is 0 Å². The molecule has 2 aromatic rings. The standard InChI is InChI=1S/C13H14F3N3O2S/c1-7(2)19-5-8-9(13(14,15)16)4-10(17-12(8)18-19)22-6-11(20)21-3/h4-5,7H,6H2,1-3H3. The zero-order chi connectivity index (χ0) is 16.5. The van der Waals surface area contributed by atoms with Crippen LogP contribution >= 0.6 is 11.8 Å². The summed E-state index contributed by atoms with van der Waals surface area (Å²) in [5, 5.41) is 4.10. The summed E-state index contributed by atoms with van der Waals surface area (Å²) in [5.41, 5.74) is -0.798. The molecule has 5 nitrogen and oxygen atoms in total. The molecule has 0 aliphatic rings. The molecule has 0 spiro atoms. The summed E-state index contributed by atoms with van der Waals surface area (Å²) in [6, 6.07) is 0.851. The van der Waals surface area contributed by atoms with Crippen molar-refractivity contribution in [1.29, 1.82) is 0 Å². The van der Waals surface area contributed by atoms with Gasteiger partial charge in [-0.3, -0.25) is 9.48 Å². The van der Waals surface area contributed by atoms with Gasteiger partial charge in [0.15, 0.2) is 5.65 Å². The number of aromatic nitrogens is 3. The van der Waals surface area contributed by atoms with E-state index >= 15 is 0 Å². The van der Waals surface area contributed by atoms with E-state index in [1.54, 1.807) is 0 Å². The summed E-state index contributed by atoms with van der Waals surface area (Å²) in [6.45, 7) is 3.62. The first-order valence-corrected chi connectivity index (χ1v) is 7.37. The first-order valence-electron chi connectivity index (χ1n) is 6.39. The van der Waals surface area contributed by atoms with Crippen LogP contribution in [0.3, 0.4) is 0 Å². The number of rotatable bonds is 4. The number of carbonyl (C=O) groups is 1. The number of fused-ring (bicyclic) bond motifs is 1. The Balaban J connectivity index is 2.49. The van der Waals surface area contributed by atoms with Crippen LogP contribution in [0.15, 0.2) is 17.3 Å². The summed E-state index contributed by atoms with van der Waals surface area (Å²) >= 11 is 0.881. The third-order valence-corrected chi connectivity index (χ3v) is 3.77. The highest BCUT2D eigenvalue weighted by Gasteiger charge is 2.34. The predicted molar refractivity (Wildman–Crippen MR) is 75.7 cm³/mol. The lowest BCUT2D eigenvalue weighted by atomic mass is 10.2. The van der Waals surface area contributed by atoms with Gasteiger partial charge < -0.3 is 4.74 Å². The fraction of sp³-hybridized carbons (Fsp3) is 0.462. The zero-order valence-corrected chi connectivity index (χ0v) is 13.0. The molecular weight excluding hydrogens is 319 g/mol. The number of pyridine rings is 1. The van der Waals surface area contributed by atoms with Gasteiger partial charge in [0, 0.05) is 12.2 Å². The van der Waals surface area contributed by atoms with Crippen LogP contribution in [0.2, 0.25) is 0 Å². The second-order valence-corrected chi connectivity index (χ2v) is 5.81. The van der Waals surface area contributed by atoms with Crippen molar-refractivity contribution in [3.8, 4) is 0 Å². The molecule has 0 amide bonds. The van der Waals surface area contributed by atoms with Crippen LogP contribution in [-0.2, 0) is 15.7 Å². The zero-order valence-electron chi connectivity index (χ0n) is 12.1. The average molecular weight is 333 g/mol. The van der Waals surface area contributed by atoms with Crippen LogP contribution < -0.4 is 0 Å². The molecule has 2 aromatic heterocycles. The van der Waals surface area contributed by atoms with Gasteiger partial charge in [0.25, 0.3) is 0 Å². The first kappa shape index (κ1) is 16.6. The molecule has 0 aromatic carbocycles. The number of ether oxygens (including phenoxy) is 1. The molecule has 2 rings (SSSR count). The summed E-state index contributed by atoms with van der Waals surface area (Å²) in [5.74, 6) is -0.648. The lowest BCUT2D eigenvalue weighted by molar-refractivity contribution is -0.137. The lowest BCUT2D eigenvalue weighted by Gasteiger charge is -2.09. The highest BCUT2D eigenvalue weighted by atomic mass is 32.2. The topological polar surface area (TPSA) is 57.0 Å². The number of alkyl halides is 3. The van der Waals surface area contributed by atoms with Crippen LogP contribution in [0.5, 0.6) is 0 Å². The Kier molecular flexibility index (Phi) is 4.64. The number of esters is 1. The second kappa shape index (κ2) is 6.15. The van der Waals surface area contributed by atoms with Crippen LogP contribution in [0, 0.1) is 0 Å². The van der Waals surface area contributed by atoms with Crippen molar-refractivity contribution in [2.24, 2.45) is 0 Å². The number of hydrogen-bond donors (Lipinski definition) is 0. The molecule has 0 N–H and O–H groups in total. The van der Waals surface area contributed by atoms with Gasteiger partial charge in [0.1, 0.15) is 0 Å². The summed E-state index contributed by atoms with van der Waals surface area (Å²) in [6.07, 6.45) is -3.18.